The summed E-state index contributed by atoms with van der Waals surface area (Å²) < 4.78 is 11.3. The van der Waals surface area contributed by atoms with Gasteiger partial charge in [-0.15, -0.1) is 0 Å². The third-order valence-corrected chi connectivity index (χ3v) is 5.19. The smallest absolute Gasteiger partial charge is 0.418 e. The van der Waals surface area contributed by atoms with Crippen LogP contribution >= 0.6 is 0 Å². The third kappa shape index (κ3) is 4.93. The van der Waals surface area contributed by atoms with E-state index in [-0.39, 0.29) is 18.5 Å². The Balaban J connectivity index is 1.54. The van der Waals surface area contributed by atoms with Crippen LogP contribution < -0.4 is 0 Å². The lowest BCUT2D eigenvalue weighted by Crippen LogP contribution is -2.46. The summed E-state index contributed by atoms with van der Waals surface area (Å²) in [5.74, 6) is -0.192. The number of aliphatic hydroxyl groups excluding tert-OH is 1. The van der Waals surface area contributed by atoms with E-state index in [1.165, 1.54) is 5.56 Å². The predicted molar refractivity (Wildman–Crippen MR) is 105 cm³/mol. The standard InChI is InChI=1S/C22H29NO5/c1-22(2,3)28-21(26)23-18(19(24)13-20(23)25)14-27-17-11-9-16(10-12-17)15-7-5-4-6-8-15/h4-8,13,16-18,24H,9-12,14H2,1-3H3/t16-,17+,18?. The number of ether oxygens (including phenoxy) is 2. The van der Waals surface area contributed by atoms with E-state index in [0.717, 1.165) is 36.7 Å². The van der Waals surface area contributed by atoms with Crippen LogP contribution in [0.3, 0.4) is 0 Å². The van der Waals surface area contributed by atoms with Gasteiger partial charge in [0.1, 0.15) is 17.4 Å². The van der Waals surface area contributed by atoms with Crippen molar-refractivity contribution in [3.05, 3.63) is 47.7 Å². The van der Waals surface area contributed by atoms with Crippen LogP contribution in [0.4, 0.5) is 4.79 Å². The molecule has 1 heterocycles. The second kappa shape index (κ2) is 8.35. The second-order valence-electron chi connectivity index (χ2n) is 8.49. The molecule has 0 bridgehead atoms. The average Bonchev–Trinajstić information content (AvgIpc) is 2.93. The Hall–Kier alpha value is -2.34. The lowest BCUT2D eigenvalue weighted by atomic mass is 9.83. The highest BCUT2D eigenvalue weighted by molar-refractivity contribution is 6.02. The van der Waals surface area contributed by atoms with Crippen molar-refractivity contribution in [2.75, 3.05) is 6.61 Å². The maximum Gasteiger partial charge on any atom is 0.418 e. The van der Waals surface area contributed by atoms with Crippen molar-refractivity contribution < 1.29 is 24.2 Å². The van der Waals surface area contributed by atoms with Gasteiger partial charge in [-0.3, -0.25) is 4.79 Å². The molecule has 1 N–H and O–H groups in total. The van der Waals surface area contributed by atoms with E-state index in [4.69, 9.17) is 9.47 Å². The first-order valence-corrected chi connectivity index (χ1v) is 9.88. The van der Waals surface area contributed by atoms with Gasteiger partial charge in [0.2, 0.25) is 0 Å². The minimum Gasteiger partial charge on any atom is -0.510 e. The summed E-state index contributed by atoms with van der Waals surface area (Å²) in [6, 6.07) is 9.66. The van der Waals surface area contributed by atoms with E-state index in [0.29, 0.717) is 5.92 Å². The van der Waals surface area contributed by atoms with Crippen molar-refractivity contribution in [1.82, 2.24) is 4.90 Å². The zero-order valence-electron chi connectivity index (χ0n) is 16.8. The Morgan fingerprint density at radius 1 is 1.14 bits per heavy atom. The fourth-order valence-electron chi connectivity index (χ4n) is 3.78. The van der Waals surface area contributed by atoms with Gasteiger partial charge in [-0.05, 0) is 57.9 Å². The van der Waals surface area contributed by atoms with E-state index < -0.39 is 23.6 Å². The Kier molecular flexibility index (Phi) is 6.08. The highest BCUT2D eigenvalue weighted by Crippen LogP contribution is 2.34. The summed E-state index contributed by atoms with van der Waals surface area (Å²) in [5.41, 5.74) is 0.635. The molecule has 28 heavy (non-hydrogen) atoms. The molecule has 1 atom stereocenters. The van der Waals surface area contributed by atoms with Gasteiger partial charge in [-0.1, -0.05) is 30.3 Å². The van der Waals surface area contributed by atoms with Crippen LogP contribution in [0.1, 0.15) is 57.9 Å². The SMILES string of the molecule is CC(C)(C)OC(=O)N1C(=O)C=C(O)C1CO[C@H]1CC[C@@H](c2ccccc2)CC1. The van der Waals surface area contributed by atoms with E-state index >= 15 is 0 Å². The summed E-state index contributed by atoms with van der Waals surface area (Å²) in [7, 11) is 0. The molecule has 1 fully saturated rings. The lowest BCUT2D eigenvalue weighted by molar-refractivity contribution is -0.127. The number of nitrogens with zero attached hydrogens (tertiary/aromatic N) is 1. The second-order valence-corrected chi connectivity index (χ2v) is 8.49. The Bertz CT molecular complexity index is 729. The third-order valence-electron chi connectivity index (χ3n) is 5.19. The number of amides is 2. The van der Waals surface area contributed by atoms with Crippen LogP contribution in [0.25, 0.3) is 0 Å². The van der Waals surface area contributed by atoms with Crippen molar-refractivity contribution in [3.63, 3.8) is 0 Å². The van der Waals surface area contributed by atoms with E-state index in [1.54, 1.807) is 20.8 Å². The molecule has 1 unspecified atom stereocenters. The normalized spacial score (nSPS) is 25.5. The van der Waals surface area contributed by atoms with Gasteiger partial charge in [0.25, 0.3) is 5.91 Å². The van der Waals surface area contributed by atoms with Crippen LogP contribution in [0.2, 0.25) is 0 Å². The van der Waals surface area contributed by atoms with Gasteiger partial charge in [-0.25, -0.2) is 9.69 Å². The number of imide groups is 1. The average molecular weight is 387 g/mol. The van der Waals surface area contributed by atoms with Gasteiger partial charge in [0.05, 0.1) is 12.7 Å². The van der Waals surface area contributed by atoms with Crippen LogP contribution in [-0.2, 0) is 14.3 Å². The summed E-state index contributed by atoms with van der Waals surface area (Å²) in [6.07, 6.45) is 4.26. The molecule has 6 nitrogen and oxygen atoms in total. The number of aliphatic hydroxyl groups is 1. The van der Waals surface area contributed by atoms with Gasteiger partial charge in [0, 0.05) is 6.08 Å². The van der Waals surface area contributed by atoms with Crippen molar-refractivity contribution in [2.45, 2.75) is 70.1 Å². The molecule has 152 valence electrons. The van der Waals surface area contributed by atoms with Gasteiger partial charge in [-0.2, -0.15) is 0 Å². The highest BCUT2D eigenvalue weighted by atomic mass is 16.6. The highest BCUT2D eigenvalue weighted by Gasteiger charge is 2.40. The molecule has 1 aliphatic heterocycles. The maximum absolute atomic E-state index is 12.4. The molecule has 0 spiro atoms. The summed E-state index contributed by atoms with van der Waals surface area (Å²) in [6.45, 7) is 5.27. The lowest BCUT2D eigenvalue weighted by Gasteiger charge is -2.31. The van der Waals surface area contributed by atoms with E-state index in [2.05, 4.69) is 24.3 Å². The molecule has 3 rings (SSSR count). The van der Waals surface area contributed by atoms with Gasteiger partial charge in [0.15, 0.2) is 0 Å². The first-order valence-electron chi connectivity index (χ1n) is 9.88. The van der Waals surface area contributed by atoms with Gasteiger partial charge >= 0.3 is 6.09 Å². The molecular weight excluding hydrogens is 358 g/mol. The molecule has 1 aliphatic carbocycles. The molecule has 0 radical (unpaired) electrons. The maximum atomic E-state index is 12.4. The molecule has 2 aliphatic rings. The molecular formula is C22H29NO5. The van der Waals surface area contributed by atoms with Crippen LogP contribution in [0, 0.1) is 0 Å². The molecule has 1 aromatic rings. The van der Waals surface area contributed by atoms with Crippen molar-refractivity contribution in [1.29, 1.82) is 0 Å². The number of carbonyl (C=O) groups excluding carboxylic acids is 2. The fraction of sp³-hybridized carbons (Fsp3) is 0.545. The monoisotopic (exact) mass is 387 g/mol. The van der Waals surface area contributed by atoms with Crippen LogP contribution in [0.15, 0.2) is 42.2 Å². The van der Waals surface area contributed by atoms with Gasteiger partial charge < -0.3 is 14.6 Å². The quantitative estimate of drug-likeness (QED) is 0.833. The Morgan fingerprint density at radius 3 is 2.39 bits per heavy atom. The summed E-state index contributed by atoms with van der Waals surface area (Å²) in [5, 5.41) is 10.1. The van der Waals surface area contributed by atoms with Crippen molar-refractivity contribution in [3.8, 4) is 0 Å². The Morgan fingerprint density at radius 2 is 1.79 bits per heavy atom. The van der Waals surface area contributed by atoms with E-state index in [1.807, 2.05) is 6.07 Å². The van der Waals surface area contributed by atoms with Crippen molar-refractivity contribution >= 4 is 12.0 Å². The zero-order chi connectivity index (χ0) is 20.3. The predicted octanol–water partition coefficient (Wildman–Crippen LogP) is 4.32. The zero-order valence-corrected chi connectivity index (χ0v) is 16.8. The molecule has 2 amide bonds. The minimum atomic E-state index is -0.825. The largest absolute Gasteiger partial charge is 0.510 e. The van der Waals surface area contributed by atoms with Crippen molar-refractivity contribution in [2.24, 2.45) is 0 Å². The number of benzene rings is 1. The van der Waals surface area contributed by atoms with Crippen LogP contribution in [-0.4, -0.2) is 46.4 Å². The first kappa shape index (κ1) is 20.4. The number of hydrogen-bond acceptors (Lipinski definition) is 5. The molecule has 1 saturated carbocycles. The fourth-order valence-corrected chi connectivity index (χ4v) is 3.78. The topological polar surface area (TPSA) is 76.1 Å². The first-order chi connectivity index (χ1) is 13.2. The van der Waals surface area contributed by atoms with E-state index in [9.17, 15) is 14.7 Å². The van der Waals surface area contributed by atoms with Crippen LogP contribution in [0.5, 0.6) is 0 Å². The Labute approximate surface area is 166 Å². The summed E-state index contributed by atoms with van der Waals surface area (Å²) >= 11 is 0. The number of carbonyl (C=O) groups is 2. The summed E-state index contributed by atoms with van der Waals surface area (Å²) in [4.78, 5) is 25.4. The minimum absolute atomic E-state index is 0.0592. The molecule has 0 saturated heterocycles. The molecule has 0 aromatic heterocycles. The number of hydrogen-bond donors (Lipinski definition) is 1. The molecule has 6 heteroatoms. The molecule has 1 aromatic carbocycles. The number of rotatable bonds is 4.